The quantitative estimate of drug-likeness (QED) is 0.335. The third-order valence-corrected chi connectivity index (χ3v) is 4.80. The molecule has 1 nitrogen and oxygen atoms in total. The zero-order valence-corrected chi connectivity index (χ0v) is 13.4. The van der Waals surface area contributed by atoms with Crippen LogP contribution in [0.3, 0.4) is 0 Å². The molecule has 1 aromatic heterocycles. The van der Waals surface area contributed by atoms with Gasteiger partial charge in [0.15, 0.2) is 0 Å². The summed E-state index contributed by atoms with van der Waals surface area (Å²) in [6.07, 6.45) is 0. The molecule has 0 aliphatic carbocycles. The molecular weight excluding hydrogens is 292 g/mol. The number of aryl methyl sites for hydroxylation is 1. The van der Waals surface area contributed by atoms with E-state index in [1.165, 1.54) is 38.2 Å². The Kier molecular flexibility index (Phi) is 2.77. The highest BCUT2D eigenvalue weighted by Crippen LogP contribution is 2.36. The molecular formula is C23H16O. The first-order valence-electron chi connectivity index (χ1n) is 8.21. The first-order chi connectivity index (χ1) is 11.8. The van der Waals surface area contributed by atoms with Gasteiger partial charge in [-0.15, -0.1) is 0 Å². The highest BCUT2D eigenvalue weighted by Gasteiger charge is 2.11. The number of hydrogen-bond donors (Lipinski definition) is 0. The lowest BCUT2D eigenvalue weighted by molar-refractivity contribution is 0.669. The van der Waals surface area contributed by atoms with Crippen LogP contribution >= 0.6 is 0 Å². The largest absolute Gasteiger partial charge is 0.456 e. The van der Waals surface area contributed by atoms with E-state index in [2.05, 4.69) is 73.7 Å². The minimum Gasteiger partial charge on any atom is -0.456 e. The molecule has 24 heavy (non-hydrogen) atoms. The van der Waals surface area contributed by atoms with Crippen molar-refractivity contribution < 1.29 is 4.42 Å². The lowest BCUT2D eigenvalue weighted by Gasteiger charge is -2.07. The van der Waals surface area contributed by atoms with E-state index in [-0.39, 0.29) is 0 Å². The summed E-state index contributed by atoms with van der Waals surface area (Å²) in [5.41, 5.74) is 5.65. The molecule has 0 bridgehead atoms. The predicted octanol–water partition coefficient (Wildman–Crippen LogP) is 6.71. The van der Waals surface area contributed by atoms with Gasteiger partial charge in [0, 0.05) is 10.8 Å². The Balaban J connectivity index is 1.85. The van der Waals surface area contributed by atoms with Crippen molar-refractivity contribution in [2.24, 2.45) is 0 Å². The number of fused-ring (bicyclic) bond motifs is 4. The molecule has 1 heteroatoms. The molecule has 0 amide bonds. The second-order valence-corrected chi connectivity index (χ2v) is 6.29. The van der Waals surface area contributed by atoms with Crippen LogP contribution in [0.2, 0.25) is 0 Å². The molecule has 0 aliphatic rings. The van der Waals surface area contributed by atoms with Gasteiger partial charge in [-0.25, -0.2) is 0 Å². The van der Waals surface area contributed by atoms with Crippen LogP contribution in [0.1, 0.15) is 5.56 Å². The summed E-state index contributed by atoms with van der Waals surface area (Å²) in [4.78, 5) is 0. The summed E-state index contributed by atoms with van der Waals surface area (Å²) < 4.78 is 6.01. The van der Waals surface area contributed by atoms with Gasteiger partial charge < -0.3 is 4.42 Å². The fourth-order valence-corrected chi connectivity index (χ4v) is 3.65. The van der Waals surface area contributed by atoms with Crippen molar-refractivity contribution >= 4 is 32.7 Å². The van der Waals surface area contributed by atoms with Crippen LogP contribution < -0.4 is 0 Å². The zero-order chi connectivity index (χ0) is 16.1. The minimum absolute atomic E-state index is 0.947. The van der Waals surface area contributed by atoms with Crippen molar-refractivity contribution in [3.05, 3.63) is 84.4 Å². The second kappa shape index (κ2) is 4.97. The third kappa shape index (κ3) is 1.88. The fourth-order valence-electron chi connectivity index (χ4n) is 3.65. The van der Waals surface area contributed by atoms with Crippen molar-refractivity contribution in [1.29, 1.82) is 0 Å². The van der Waals surface area contributed by atoms with Gasteiger partial charge in [-0.3, -0.25) is 0 Å². The minimum atomic E-state index is 0.947. The van der Waals surface area contributed by atoms with Gasteiger partial charge in [0.2, 0.25) is 0 Å². The van der Waals surface area contributed by atoms with E-state index in [0.717, 1.165) is 11.2 Å². The van der Waals surface area contributed by atoms with Crippen molar-refractivity contribution in [2.75, 3.05) is 0 Å². The average molecular weight is 308 g/mol. The molecule has 0 fully saturated rings. The number of rotatable bonds is 1. The van der Waals surface area contributed by atoms with Crippen LogP contribution in [-0.2, 0) is 0 Å². The van der Waals surface area contributed by atoms with E-state index >= 15 is 0 Å². The fraction of sp³-hybridized carbons (Fsp3) is 0.0435. The van der Waals surface area contributed by atoms with Gasteiger partial charge in [0.1, 0.15) is 11.2 Å². The van der Waals surface area contributed by atoms with Gasteiger partial charge >= 0.3 is 0 Å². The molecule has 0 N–H and O–H groups in total. The van der Waals surface area contributed by atoms with Crippen molar-refractivity contribution in [1.82, 2.24) is 0 Å². The van der Waals surface area contributed by atoms with E-state index in [0.29, 0.717) is 0 Å². The lowest BCUT2D eigenvalue weighted by atomic mass is 9.96. The predicted molar refractivity (Wildman–Crippen MR) is 101 cm³/mol. The Bertz CT molecular complexity index is 1210. The van der Waals surface area contributed by atoms with E-state index in [1.54, 1.807) is 0 Å². The van der Waals surface area contributed by atoms with Crippen molar-refractivity contribution in [3.63, 3.8) is 0 Å². The second-order valence-electron chi connectivity index (χ2n) is 6.29. The van der Waals surface area contributed by atoms with Gasteiger partial charge in [0.05, 0.1) is 0 Å². The first-order valence-corrected chi connectivity index (χ1v) is 8.21. The van der Waals surface area contributed by atoms with E-state index in [9.17, 15) is 0 Å². The summed E-state index contributed by atoms with van der Waals surface area (Å²) in [7, 11) is 0. The summed E-state index contributed by atoms with van der Waals surface area (Å²) >= 11 is 0. The lowest BCUT2D eigenvalue weighted by Crippen LogP contribution is -1.81. The molecule has 4 aromatic carbocycles. The van der Waals surface area contributed by atoms with Crippen LogP contribution in [0.25, 0.3) is 43.8 Å². The SMILES string of the molecule is Cc1cccc2oc3ccc(-c4cccc5ccccc45)cc3c12. The molecule has 5 aromatic rings. The Morgan fingerprint density at radius 3 is 2.46 bits per heavy atom. The number of hydrogen-bond acceptors (Lipinski definition) is 1. The van der Waals surface area contributed by atoms with Crippen LogP contribution in [0, 0.1) is 6.92 Å². The summed E-state index contributed by atoms with van der Waals surface area (Å²) in [5, 5.41) is 4.95. The Morgan fingerprint density at radius 1 is 0.667 bits per heavy atom. The van der Waals surface area contributed by atoms with Crippen LogP contribution in [-0.4, -0.2) is 0 Å². The van der Waals surface area contributed by atoms with Crippen LogP contribution in [0.5, 0.6) is 0 Å². The van der Waals surface area contributed by atoms with Crippen molar-refractivity contribution in [3.8, 4) is 11.1 Å². The Hall–Kier alpha value is -3.06. The van der Waals surface area contributed by atoms with Crippen LogP contribution in [0.4, 0.5) is 0 Å². The summed E-state index contributed by atoms with van der Waals surface area (Å²) in [6, 6.07) is 27.7. The standard InChI is InChI=1S/C23H16O/c1-15-6-4-11-22-23(15)20-14-17(12-13-21(20)24-22)19-10-5-8-16-7-2-3-9-18(16)19/h2-14H,1H3. The Morgan fingerprint density at radius 2 is 1.50 bits per heavy atom. The molecule has 0 unspecified atom stereocenters. The number of benzene rings is 4. The first kappa shape index (κ1) is 13.4. The van der Waals surface area contributed by atoms with Crippen molar-refractivity contribution in [2.45, 2.75) is 6.92 Å². The molecule has 1 heterocycles. The average Bonchev–Trinajstić information content (AvgIpc) is 3.00. The van der Waals surface area contributed by atoms with Gasteiger partial charge in [-0.05, 0) is 52.6 Å². The molecule has 0 atom stereocenters. The maximum atomic E-state index is 6.01. The molecule has 0 radical (unpaired) electrons. The monoisotopic (exact) mass is 308 g/mol. The molecule has 0 spiro atoms. The molecule has 5 rings (SSSR count). The van der Waals surface area contributed by atoms with E-state index in [1.807, 2.05) is 12.1 Å². The maximum absolute atomic E-state index is 6.01. The summed E-state index contributed by atoms with van der Waals surface area (Å²) in [6.45, 7) is 2.14. The Labute approximate surface area is 140 Å². The number of furan rings is 1. The van der Waals surface area contributed by atoms with Crippen LogP contribution in [0.15, 0.2) is 83.3 Å². The normalized spacial score (nSPS) is 11.5. The van der Waals surface area contributed by atoms with E-state index < -0.39 is 0 Å². The van der Waals surface area contributed by atoms with E-state index in [4.69, 9.17) is 4.42 Å². The highest BCUT2D eigenvalue weighted by atomic mass is 16.3. The summed E-state index contributed by atoms with van der Waals surface area (Å²) in [5.74, 6) is 0. The smallest absolute Gasteiger partial charge is 0.135 e. The highest BCUT2D eigenvalue weighted by molar-refractivity contribution is 6.09. The molecule has 0 saturated carbocycles. The molecule has 0 saturated heterocycles. The molecule has 0 aliphatic heterocycles. The van der Waals surface area contributed by atoms with Gasteiger partial charge in [-0.1, -0.05) is 60.7 Å². The zero-order valence-electron chi connectivity index (χ0n) is 13.4. The topological polar surface area (TPSA) is 13.1 Å². The maximum Gasteiger partial charge on any atom is 0.135 e. The van der Waals surface area contributed by atoms with Gasteiger partial charge in [-0.2, -0.15) is 0 Å². The van der Waals surface area contributed by atoms with Gasteiger partial charge in [0.25, 0.3) is 0 Å². The third-order valence-electron chi connectivity index (χ3n) is 4.80. The molecule has 114 valence electrons.